The molecule has 3 rings (SSSR count). The second-order valence-corrected chi connectivity index (χ2v) is 6.83. The van der Waals surface area contributed by atoms with E-state index < -0.39 is 5.97 Å². The van der Waals surface area contributed by atoms with Crippen molar-refractivity contribution >= 4 is 28.9 Å². The van der Waals surface area contributed by atoms with Gasteiger partial charge in [0.25, 0.3) is 0 Å². The molecule has 1 aromatic carbocycles. The molecule has 2 aromatic rings. The van der Waals surface area contributed by atoms with Gasteiger partial charge in [0.15, 0.2) is 11.5 Å². The molecule has 1 aromatic heterocycles. The van der Waals surface area contributed by atoms with E-state index in [1.807, 2.05) is 35.7 Å². The number of aliphatic carboxylic acids is 1. The van der Waals surface area contributed by atoms with Crippen LogP contribution in [-0.4, -0.2) is 36.2 Å². The van der Waals surface area contributed by atoms with Gasteiger partial charge in [0, 0.05) is 6.42 Å². The molecular formula is C19H20N2O5S. The smallest absolute Gasteiger partial charge is 0.303 e. The Hall–Kier alpha value is -3.00. The van der Waals surface area contributed by atoms with Crippen molar-refractivity contribution in [3.8, 4) is 11.5 Å². The number of carboxylic acid groups (broad SMARTS) is 1. The fraction of sp³-hybridized carbons (Fsp3) is 0.263. The highest BCUT2D eigenvalue weighted by Gasteiger charge is 2.31. The van der Waals surface area contributed by atoms with Crippen LogP contribution >= 0.6 is 11.3 Å². The van der Waals surface area contributed by atoms with E-state index in [9.17, 15) is 9.59 Å². The van der Waals surface area contributed by atoms with Gasteiger partial charge in [0.2, 0.25) is 5.91 Å². The summed E-state index contributed by atoms with van der Waals surface area (Å²) in [6.07, 6.45) is 1.65. The van der Waals surface area contributed by atoms with Crippen molar-refractivity contribution in [1.82, 2.24) is 10.4 Å². The molecule has 2 N–H and O–H groups in total. The van der Waals surface area contributed by atoms with Gasteiger partial charge in [0.05, 0.1) is 37.3 Å². The summed E-state index contributed by atoms with van der Waals surface area (Å²) in [7, 11) is 3.11. The summed E-state index contributed by atoms with van der Waals surface area (Å²) in [5.74, 6) is -0.138. The molecule has 0 aliphatic carbocycles. The molecule has 0 saturated heterocycles. The lowest BCUT2D eigenvalue weighted by Crippen LogP contribution is -2.39. The minimum atomic E-state index is -1.00. The first-order valence-electron chi connectivity index (χ1n) is 8.31. The molecule has 0 radical (unpaired) electrons. The Balaban J connectivity index is 1.93. The Morgan fingerprint density at radius 2 is 1.96 bits per heavy atom. The van der Waals surface area contributed by atoms with Crippen LogP contribution in [0.25, 0.3) is 5.70 Å². The van der Waals surface area contributed by atoms with Crippen molar-refractivity contribution in [2.24, 2.45) is 0 Å². The first-order valence-corrected chi connectivity index (χ1v) is 9.19. The number of rotatable bonds is 7. The molecule has 7 nitrogen and oxygen atoms in total. The SMILES string of the molecule is COc1ccc([C@H]2C=C(c3cccs3)NN2C(=O)CCC(=O)O)cc1OC. The van der Waals surface area contributed by atoms with Crippen molar-refractivity contribution in [3.05, 3.63) is 52.2 Å². The second-order valence-electron chi connectivity index (χ2n) is 5.89. The van der Waals surface area contributed by atoms with Gasteiger partial charge >= 0.3 is 5.97 Å². The quantitative estimate of drug-likeness (QED) is 0.758. The fourth-order valence-electron chi connectivity index (χ4n) is 2.87. The van der Waals surface area contributed by atoms with E-state index in [1.54, 1.807) is 31.6 Å². The molecule has 0 saturated carbocycles. The Bertz CT molecular complexity index is 863. The number of hydrogen-bond donors (Lipinski definition) is 2. The zero-order valence-corrected chi connectivity index (χ0v) is 15.8. The number of carbonyl (C=O) groups excluding carboxylic acids is 1. The zero-order valence-electron chi connectivity index (χ0n) is 15.0. The van der Waals surface area contributed by atoms with Crippen molar-refractivity contribution in [2.75, 3.05) is 14.2 Å². The molecule has 1 amide bonds. The van der Waals surface area contributed by atoms with Crippen LogP contribution < -0.4 is 14.9 Å². The van der Waals surface area contributed by atoms with Crippen LogP contribution in [0.3, 0.4) is 0 Å². The normalized spacial score (nSPS) is 15.9. The van der Waals surface area contributed by atoms with Crippen LogP contribution in [0.1, 0.15) is 29.3 Å². The highest BCUT2D eigenvalue weighted by atomic mass is 32.1. The molecule has 142 valence electrons. The number of nitrogens with zero attached hydrogens (tertiary/aromatic N) is 1. The minimum absolute atomic E-state index is 0.0856. The molecular weight excluding hydrogens is 368 g/mol. The van der Waals surface area contributed by atoms with Gasteiger partial charge < -0.3 is 14.6 Å². The summed E-state index contributed by atoms with van der Waals surface area (Å²) in [5, 5.41) is 12.3. The lowest BCUT2D eigenvalue weighted by Gasteiger charge is -2.25. The molecule has 0 bridgehead atoms. The fourth-order valence-corrected chi connectivity index (χ4v) is 3.57. The molecule has 0 fully saturated rings. The van der Waals surface area contributed by atoms with E-state index in [1.165, 1.54) is 5.01 Å². The average molecular weight is 388 g/mol. The third kappa shape index (κ3) is 4.06. The maximum Gasteiger partial charge on any atom is 0.303 e. The monoisotopic (exact) mass is 388 g/mol. The van der Waals surface area contributed by atoms with Gasteiger partial charge in [-0.15, -0.1) is 11.3 Å². The van der Waals surface area contributed by atoms with Crippen LogP contribution in [0.5, 0.6) is 11.5 Å². The van der Waals surface area contributed by atoms with Crippen LogP contribution in [-0.2, 0) is 9.59 Å². The first-order chi connectivity index (χ1) is 13.0. The van der Waals surface area contributed by atoms with E-state index in [2.05, 4.69) is 5.43 Å². The van der Waals surface area contributed by atoms with Crippen LogP contribution in [0.15, 0.2) is 41.8 Å². The number of thiophene rings is 1. The number of benzene rings is 1. The van der Waals surface area contributed by atoms with Crippen molar-refractivity contribution < 1.29 is 24.2 Å². The van der Waals surface area contributed by atoms with Crippen LogP contribution in [0.4, 0.5) is 0 Å². The standard InChI is InChI=1S/C19H20N2O5S/c1-25-15-6-5-12(10-16(15)26-2)14-11-13(17-4-3-9-27-17)20-21(14)18(22)7-8-19(23)24/h3-6,9-11,14,20H,7-8H2,1-2H3,(H,23,24)/t14-/m1/s1. The molecule has 1 aliphatic heterocycles. The minimum Gasteiger partial charge on any atom is -0.493 e. The van der Waals surface area contributed by atoms with E-state index in [-0.39, 0.29) is 24.8 Å². The van der Waals surface area contributed by atoms with Crippen molar-refractivity contribution in [1.29, 1.82) is 0 Å². The van der Waals surface area contributed by atoms with Gasteiger partial charge in [-0.05, 0) is 35.2 Å². The molecule has 8 heteroatoms. The zero-order chi connectivity index (χ0) is 19.4. The summed E-state index contributed by atoms with van der Waals surface area (Å²) in [5.41, 5.74) is 4.76. The number of hydrazine groups is 1. The number of nitrogens with one attached hydrogen (secondary N) is 1. The Labute approximate surface area is 160 Å². The molecule has 0 unspecified atom stereocenters. The number of carbonyl (C=O) groups is 2. The highest BCUT2D eigenvalue weighted by Crippen LogP contribution is 2.37. The topological polar surface area (TPSA) is 88.1 Å². The maximum atomic E-state index is 12.6. The van der Waals surface area contributed by atoms with Crippen LogP contribution in [0, 0.1) is 0 Å². The van der Waals surface area contributed by atoms with Gasteiger partial charge in [0.1, 0.15) is 0 Å². The Kier molecular flexibility index (Phi) is 5.66. The van der Waals surface area contributed by atoms with Crippen molar-refractivity contribution in [3.63, 3.8) is 0 Å². The molecule has 1 atom stereocenters. The predicted octanol–water partition coefficient (Wildman–Crippen LogP) is 3.06. The second kappa shape index (κ2) is 8.13. The van der Waals surface area contributed by atoms with E-state index >= 15 is 0 Å². The third-order valence-electron chi connectivity index (χ3n) is 4.20. The molecule has 27 heavy (non-hydrogen) atoms. The third-order valence-corrected chi connectivity index (χ3v) is 5.10. The van der Waals surface area contributed by atoms with E-state index in [4.69, 9.17) is 14.6 Å². The maximum absolute atomic E-state index is 12.6. The number of carboxylic acids is 1. The number of hydrogen-bond acceptors (Lipinski definition) is 6. The van der Waals surface area contributed by atoms with Gasteiger partial charge in [-0.3, -0.25) is 15.0 Å². The summed E-state index contributed by atoms with van der Waals surface area (Å²) in [6.45, 7) is 0. The summed E-state index contributed by atoms with van der Waals surface area (Å²) >= 11 is 1.56. The van der Waals surface area contributed by atoms with Crippen molar-refractivity contribution in [2.45, 2.75) is 18.9 Å². The average Bonchev–Trinajstić information content (AvgIpc) is 3.35. The Morgan fingerprint density at radius 3 is 2.59 bits per heavy atom. The van der Waals surface area contributed by atoms with Crippen LogP contribution in [0.2, 0.25) is 0 Å². The van der Waals surface area contributed by atoms with Gasteiger partial charge in [-0.25, -0.2) is 5.01 Å². The number of amides is 1. The molecule has 2 heterocycles. The van der Waals surface area contributed by atoms with Gasteiger partial charge in [-0.2, -0.15) is 0 Å². The van der Waals surface area contributed by atoms with Gasteiger partial charge in [-0.1, -0.05) is 12.1 Å². The highest BCUT2D eigenvalue weighted by molar-refractivity contribution is 7.11. The Morgan fingerprint density at radius 1 is 1.19 bits per heavy atom. The van der Waals surface area contributed by atoms with E-state index in [0.717, 1.165) is 16.1 Å². The summed E-state index contributed by atoms with van der Waals surface area (Å²) < 4.78 is 10.6. The first kappa shape index (κ1) is 18.8. The summed E-state index contributed by atoms with van der Waals surface area (Å²) in [4.78, 5) is 24.5. The lowest BCUT2D eigenvalue weighted by molar-refractivity contribution is -0.142. The molecule has 1 aliphatic rings. The van der Waals surface area contributed by atoms with E-state index in [0.29, 0.717) is 11.5 Å². The largest absolute Gasteiger partial charge is 0.493 e. The lowest BCUT2D eigenvalue weighted by atomic mass is 10.0. The molecule has 0 spiro atoms. The predicted molar refractivity (Wildman–Crippen MR) is 101 cm³/mol. The number of methoxy groups -OCH3 is 2. The number of ether oxygens (including phenoxy) is 2. The summed E-state index contributed by atoms with van der Waals surface area (Å²) in [6, 6.07) is 8.97.